The third kappa shape index (κ3) is 4.07. The zero-order chi connectivity index (χ0) is 19.8. The van der Waals surface area contributed by atoms with Crippen LogP contribution in [0.2, 0.25) is 0 Å². The monoisotopic (exact) mass is 393 g/mol. The average Bonchev–Trinajstić information content (AvgIpc) is 2.71. The van der Waals surface area contributed by atoms with Gasteiger partial charge in [-0.05, 0) is 104 Å². The van der Waals surface area contributed by atoms with Gasteiger partial charge < -0.3 is 10.1 Å². The van der Waals surface area contributed by atoms with Crippen LogP contribution < -0.4 is 10.1 Å². The molecule has 6 rings (SSSR count). The Morgan fingerprint density at radius 3 is 2.28 bits per heavy atom. The van der Waals surface area contributed by atoms with Crippen LogP contribution in [0.5, 0.6) is 5.75 Å². The minimum atomic E-state index is -0.213. The molecule has 2 nitrogen and oxygen atoms in total. The van der Waals surface area contributed by atoms with E-state index in [-0.39, 0.29) is 5.82 Å². The molecule has 2 aromatic carbocycles. The van der Waals surface area contributed by atoms with E-state index < -0.39 is 0 Å². The SMILES string of the molecule is CC(NCc1cccc(OCc2ccc(F)cc2)c1)C12CC3CC(CC(C3)C1)C2. The van der Waals surface area contributed by atoms with Gasteiger partial charge in [0.05, 0.1) is 0 Å². The molecule has 4 saturated carbocycles. The van der Waals surface area contributed by atoms with Crippen LogP contribution in [0.4, 0.5) is 4.39 Å². The lowest BCUT2D eigenvalue weighted by atomic mass is 9.48. The highest BCUT2D eigenvalue weighted by Crippen LogP contribution is 2.61. The van der Waals surface area contributed by atoms with Gasteiger partial charge >= 0.3 is 0 Å². The Morgan fingerprint density at radius 2 is 1.62 bits per heavy atom. The van der Waals surface area contributed by atoms with E-state index in [9.17, 15) is 4.39 Å². The fourth-order valence-electron chi connectivity index (χ4n) is 6.69. The van der Waals surface area contributed by atoms with Crippen molar-refractivity contribution in [1.29, 1.82) is 0 Å². The Kier molecular flexibility index (Phi) is 5.11. The summed E-state index contributed by atoms with van der Waals surface area (Å²) in [6.45, 7) is 3.76. The van der Waals surface area contributed by atoms with Gasteiger partial charge in [0.1, 0.15) is 18.2 Å². The fourth-order valence-corrected chi connectivity index (χ4v) is 6.69. The van der Waals surface area contributed by atoms with Crippen molar-refractivity contribution in [1.82, 2.24) is 5.32 Å². The summed E-state index contributed by atoms with van der Waals surface area (Å²) >= 11 is 0. The van der Waals surface area contributed by atoms with Gasteiger partial charge in [0, 0.05) is 12.6 Å². The smallest absolute Gasteiger partial charge is 0.123 e. The topological polar surface area (TPSA) is 21.3 Å². The second-order valence-corrected chi connectivity index (χ2v) is 9.95. The Hall–Kier alpha value is -1.87. The first kappa shape index (κ1) is 19.1. The predicted octanol–water partition coefficient (Wildman–Crippen LogP) is 6.10. The molecule has 2 aromatic rings. The maximum absolute atomic E-state index is 13.0. The molecule has 0 aromatic heterocycles. The first-order chi connectivity index (χ1) is 14.1. The highest BCUT2D eigenvalue weighted by Gasteiger charge is 2.52. The molecule has 154 valence electrons. The number of halogens is 1. The van der Waals surface area contributed by atoms with Crippen molar-refractivity contribution in [2.75, 3.05) is 0 Å². The van der Waals surface area contributed by atoms with Crippen molar-refractivity contribution >= 4 is 0 Å². The van der Waals surface area contributed by atoms with Gasteiger partial charge in [0.25, 0.3) is 0 Å². The lowest BCUT2D eigenvalue weighted by Gasteiger charge is -2.59. The average molecular weight is 394 g/mol. The summed E-state index contributed by atoms with van der Waals surface area (Å²) in [6, 6.07) is 15.4. The summed E-state index contributed by atoms with van der Waals surface area (Å²) in [5.74, 6) is 3.64. The van der Waals surface area contributed by atoms with Crippen LogP contribution in [0.25, 0.3) is 0 Å². The van der Waals surface area contributed by atoms with Crippen LogP contribution in [0.3, 0.4) is 0 Å². The molecular weight excluding hydrogens is 361 g/mol. The zero-order valence-corrected chi connectivity index (χ0v) is 17.4. The second kappa shape index (κ2) is 7.75. The summed E-state index contributed by atoms with van der Waals surface area (Å²) in [5.41, 5.74) is 2.77. The van der Waals surface area contributed by atoms with E-state index in [0.717, 1.165) is 35.6 Å². The molecule has 1 atom stereocenters. The molecule has 29 heavy (non-hydrogen) atoms. The van der Waals surface area contributed by atoms with Gasteiger partial charge in [-0.1, -0.05) is 24.3 Å². The Labute approximate surface area is 173 Å². The quantitative estimate of drug-likeness (QED) is 0.614. The largest absolute Gasteiger partial charge is 0.489 e. The van der Waals surface area contributed by atoms with Crippen LogP contribution in [0.15, 0.2) is 48.5 Å². The van der Waals surface area contributed by atoms with Gasteiger partial charge in [-0.15, -0.1) is 0 Å². The third-order valence-corrected chi connectivity index (χ3v) is 7.83. The number of benzene rings is 2. The fraction of sp³-hybridized carbons (Fsp3) is 0.538. The molecule has 4 fully saturated rings. The van der Waals surface area contributed by atoms with E-state index in [4.69, 9.17) is 4.74 Å². The van der Waals surface area contributed by atoms with Gasteiger partial charge in [0.2, 0.25) is 0 Å². The minimum absolute atomic E-state index is 0.213. The van der Waals surface area contributed by atoms with Crippen LogP contribution in [0, 0.1) is 29.0 Å². The number of nitrogens with one attached hydrogen (secondary N) is 1. The highest BCUT2D eigenvalue weighted by molar-refractivity contribution is 5.29. The summed E-state index contributed by atoms with van der Waals surface area (Å²) < 4.78 is 19.0. The molecule has 0 radical (unpaired) electrons. The van der Waals surface area contributed by atoms with Crippen molar-refractivity contribution in [3.63, 3.8) is 0 Å². The molecule has 1 unspecified atom stereocenters. The first-order valence-corrected chi connectivity index (χ1v) is 11.3. The summed E-state index contributed by atoms with van der Waals surface area (Å²) in [6.07, 6.45) is 8.81. The van der Waals surface area contributed by atoms with Crippen molar-refractivity contribution in [2.24, 2.45) is 23.2 Å². The minimum Gasteiger partial charge on any atom is -0.489 e. The molecule has 0 aliphatic heterocycles. The summed E-state index contributed by atoms with van der Waals surface area (Å²) in [5, 5.41) is 3.87. The second-order valence-electron chi connectivity index (χ2n) is 9.95. The van der Waals surface area contributed by atoms with E-state index >= 15 is 0 Å². The maximum Gasteiger partial charge on any atom is 0.123 e. The zero-order valence-electron chi connectivity index (χ0n) is 17.4. The number of hydrogen-bond acceptors (Lipinski definition) is 2. The van der Waals surface area contributed by atoms with Crippen LogP contribution in [-0.2, 0) is 13.2 Å². The van der Waals surface area contributed by atoms with Gasteiger partial charge in [-0.2, -0.15) is 0 Å². The molecular formula is C26H32FNO. The molecule has 4 aliphatic carbocycles. The number of hydrogen-bond donors (Lipinski definition) is 1. The predicted molar refractivity (Wildman–Crippen MR) is 114 cm³/mol. The lowest BCUT2D eigenvalue weighted by Crippen LogP contribution is -2.54. The molecule has 0 spiro atoms. The Balaban J connectivity index is 1.18. The normalized spacial score (nSPS) is 31.0. The van der Waals surface area contributed by atoms with E-state index in [1.807, 2.05) is 6.07 Å². The van der Waals surface area contributed by atoms with Crippen LogP contribution in [-0.4, -0.2) is 6.04 Å². The molecule has 3 heteroatoms. The number of rotatable bonds is 7. The van der Waals surface area contributed by atoms with Crippen molar-refractivity contribution in [2.45, 2.75) is 64.6 Å². The van der Waals surface area contributed by atoms with E-state index in [0.29, 0.717) is 18.1 Å². The van der Waals surface area contributed by atoms with E-state index in [1.165, 1.54) is 56.2 Å². The molecule has 1 N–H and O–H groups in total. The van der Waals surface area contributed by atoms with Gasteiger partial charge in [-0.25, -0.2) is 4.39 Å². The highest BCUT2D eigenvalue weighted by atomic mass is 19.1. The van der Waals surface area contributed by atoms with E-state index in [1.54, 1.807) is 12.1 Å². The van der Waals surface area contributed by atoms with Crippen LogP contribution in [0.1, 0.15) is 56.6 Å². The van der Waals surface area contributed by atoms with Gasteiger partial charge in [-0.3, -0.25) is 0 Å². The van der Waals surface area contributed by atoms with E-state index in [2.05, 4.69) is 30.4 Å². The molecule has 4 aliphatic rings. The molecule has 0 amide bonds. The summed E-state index contributed by atoms with van der Waals surface area (Å²) in [7, 11) is 0. The molecule has 4 bridgehead atoms. The van der Waals surface area contributed by atoms with Crippen molar-refractivity contribution < 1.29 is 9.13 Å². The van der Waals surface area contributed by atoms with Crippen LogP contribution >= 0.6 is 0 Å². The standard InChI is InChI=1S/C26H32FNO/c1-18(26-13-21-9-22(14-26)11-23(10-21)15-26)28-16-20-3-2-4-25(12-20)29-17-19-5-7-24(27)8-6-19/h2-8,12,18,21-23,28H,9-11,13-17H2,1H3. The Bertz CT molecular complexity index is 811. The molecule has 0 saturated heterocycles. The lowest BCUT2D eigenvalue weighted by molar-refractivity contribution is -0.0706. The third-order valence-electron chi connectivity index (χ3n) is 7.83. The number of ether oxygens (including phenoxy) is 1. The first-order valence-electron chi connectivity index (χ1n) is 11.3. The van der Waals surface area contributed by atoms with Crippen molar-refractivity contribution in [3.05, 3.63) is 65.5 Å². The molecule has 0 heterocycles. The maximum atomic E-state index is 13.0. The summed E-state index contributed by atoms with van der Waals surface area (Å²) in [4.78, 5) is 0. The Morgan fingerprint density at radius 1 is 0.966 bits per heavy atom. The van der Waals surface area contributed by atoms with Crippen molar-refractivity contribution in [3.8, 4) is 5.75 Å². The van der Waals surface area contributed by atoms with Gasteiger partial charge in [0.15, 0.2) is 0 Å².